The molecule has 0 fully saturated rings. The van der Waals surface area contributed by atoms with Crippen molar-refractivity contribution < 1.29 is 4.39 Å². The molecule has 0 aliphatic rings. The second kappa shape index (κ2) is 4.34. The van der Waals surface area contributed by atoms with E-state index < -0.39 is 0 Å². The number of hydrogen-bond acceptors (Lipinski definition) is 2. The Balaban J connectivity index is 2.36. The lowest BCUT2D eigenvalue weighted by Crippen LogP contribution is -1.97. The van der Waals surface area contributed by atoms with Crippen molar-refractivity contribution in [1.29, 1.82) is 0 Å². The van der Waals surface area contributed by atoms with Crippen LogP contribution < -0.4 is 5.73 Å². The molecule has 3 rings (SSSR count). The normalized spacial score (nSPS) is 11.2. The SMILES string of the molecule is Cc1cc(C)c(-c2nc3c(F)cccn3c2N)c(C)c1. The third-order valence-corrected chi connectivity index (χ3v) is 3.55. The lowest BCUT2D eigenvalue weighted by molar-refractivity contribution is 0.630. The standard InChI is InChI=1S/C16H16FN3/c1-9-7-10(2)13(11(3)8-9)14-15(18)20-6-4-5-12(17)16(20)19-14/h4-8H,18H2,1-3H3. The monoisotopic (exact) mass is 269 g/mol. The van der Waals surface area contributed by atoms with E-state index in [1.165, 1.54) is 11.6 Å². The summed E-state index contributed by atoms with van der Waals surface area (Å²) in [6.45, 7) is 6.10. The summed E-state index contributed by atoms with van der Waals surface area (Å²) in [5.74, 6) is 0.0995. The highest BCUT2D eigenvalue weighted by Crippen LogP contribution is 2.32. The molecule has 3 aromatic rings. The number of rotatable bonds is 1. The Hall–Kier alpha value is -2.36. The van der Waals surface area contributed by atoms with Gasteiger partial charge in [-0.25, -0.2) is 9.37 Å². The van der Waals surface area contributed by atoms with Gasteiger partial charge in [0.25, 0.3) is 0 Å². The van der Waals surface area contributed by atoms with E-state index in [0.29, 0.717) is 11.5 Å². The van der Waals surface area contributed by atoms with Crippen LogP contribution in [-0.2, 0) is 0 Å². The lowest BCUT2D eigenvalue weighted by atomic mass is 9.97. The summed E-state index contributed by atoms with van der Waals surface area (Å²) in [5.41, 5.74) is 11.4. The van der Waals surface area contributed by atoms with Crippen LogP contribution in [0.2, 0.25) is 0 Å². The number of nitrogen functional groups attached to an aromatic ring is 1. The van der Waals surface area contributed by atoms with Crippen LogP contribution in [0.3, 0.4) is 0 Å². The van der Waals surface area contributed by atoms with E-state index >= 15 is 0 Å². The van der Waals surface area contributed by atoms with E-state index in [9.17, 15) is 4.39 Å². The summed E-state index contributed by atoms with van der Waals surface area (Å²) in [7, 11) is 0. The number of halogens is 1. The highest BCUT2D eigenvalue weighted by molar-refractivity contribution is 5.79. The van der Waals surface area contributed by atoms with E-state index in [1.807, 2.05) is 13.8 Å². The topological polar surface area (TPSA) is 43.3 Å². The molecule has 2 N–H and O–H groups in total. The number of nitrogens with two attached hydrogens (primary N) is 1. The predicted molar refractivity (Wildman–Crippen MR) is 79.2 cm³/mol. The van der Waals surface area contributed by atoms with Crippen molar-refractivity contribution in [3.8, 4) is 11.3 Å². The minimum Gasteiger partial charge on any atom is -0.383 e. The molecule has 0 spiro atoms. The number of aromatic nitrogens is 2. The zero-order chi connectivity index (χ0) is 14.4. The molecule has 2 aromatic heterocycles. The van der Waals surface area contributed by atoms with Crippen molar-refractivity contribution in [2.45, 2.75) is 20.8 Å². The van der Waals surface area contributed by atoms with Crippen molar-refractivity contribution in [3.05, 3.63) is 53.0 Å². The largest absolute Gasteiger partial charge is 0.383 e. The molecule has 1 aromatic carbocycles. The van der Waals surface area contributed by atoms with E-state index in [-0.39, 0.29) is 11.5 Å². The molecule has 0 radical (unpaired) electrons. The van der Waals surface area contributed by atoms with Gasteiger partial charge in [0.2, 0.25) is 0 Å². The second-order valence-electron chi connectivity index (χ2n) is 5.17. The molecule has 0 aliphatic heterocycles. The first-order valence-electron chi connectivity index (χ1n) is 6.49. The van der Waals surface area contributed by atoms with Gasteiger partial charge in [-0.15, -0.1) is 0 Å². The van der Waals surface area contributed by atoms with Gasteiger partial charge in [-0.2, -0.15) is 0 Å². The van der Waals surface area contributed by atoms with Gasteiger partial charge in [0, 0.05) is 11.8 Å². The molecule has 2 heterocycles. The van der Waals surface area contributed by atoms with Crippen LogP contribution >= 0.6 is 0 Å². The first-order valence-corrected chi connectivity index (χ1v) is 6.49. The zero-order valence-electron chi connectivity index (χ0n) is 11.7. The lowest BCUT2D eigenvalue weighted by Gasteiger charge is -2.09. The van der Waals surface area contributed by atoms with Gasteiger partial charge in [0.1, 0.15) is 11.5 Å². The van der Waals surface area contributed by atoms with Crippen molar-refractivity contribution in [1.82, 2.24) is 9.38 Å². The van der Waals surface area contributed by atoms with E-state index in [2.05, 4.69) is 24.0 Å². The fourth-order valence-corrected chi connectivity index (χ4v) is 2.79. The Morgan fingerprint density at radius 3 is 2.40 bits per heavy atom. The van der Waals surface area contributed by atoms with E-state index in [4.69, 9.17) is 5.73 Å². The molecule has 0 aliphatic carbocycles. The van der Waals surface area contributed by atoms with Gasteiger partial charge >= 0.3 is 0 Å². The molecule has 20 heavy (non-hydrogen) atoms. The molecule has 0 atom stereocenters. The Kier molecular flexibility index (Phi) is 2.74. The van der Waals surface area contributed by atoms with Crippen LogP contribution in [0.25, 0.3) is 16.9 Å². The molecule has 0 bridgehead atoms. The molecule has 0 saturated carbocycles. The average Bonchev–Trinajstić information content (AvgIpc) is 2.68. The summed E-state index contributed by atoms with van der Waals surface area (Å²) in [5, 5.41) is 0. The van der Waals surface area contributed by atoms with Crippen LogP contribution in [0.4, 0.5) is 10.2 Å². The number of fused-ring (bicyclic) bond motifs is 1. The third-order valence-electron chi connectivity index (χ3n) is 3.55. The van der Waals surface area contributed by atoms with Crippen LogP contribution in [0, 0.1) is 26.6 Å². The summed E-state index contributed by atoms with van der Waals surface area (Å²) in [6.07, 6.45) is 1.73. The van der Waals surface area contributed by atoms with Crippen molar-refractivity contribution in [2.24, 2.45) is 0 Å². The van der Waals surface area contributed by atoms with Gasteiger partial charge in [-0.3, -0.25) is 4.40 Å². The molecular formula is C16H16FN3. The summed E-state index contributed by atoms with van der Waals surface area (Å²) in [4.78, 5) is 4.40. The van der Waals surface area contributed by atoms with Crippen molar-refractivity contribution in [2.75, 3.05) is 5.73 Å². The fraction of sp³-hybridized carbons (Fsp3) is 0.188. The predicted octanol–water partition coefficient (Wildman–Crippen LogP) is 3.65. The number of benzene rings is 1. The van der Waals surface area contributed by atoms with Crippen LogP contribution in [0.1, 0.15) is 16.7 Å². The van der Waals surface area contributed by atoms with Crippen LogP contribution in [0.5, 0.6) is 0 Å². The fourth-order valence-electron chi connectivity index (χ4n) is 2.79. The van der Waals surface area contributed by atoms with Gasteiger partial charge in [-0.05, 0) is 44.0 Å². The van der Waals surface area contributed by atoms with E-state index in [0.717, 1.165) is 16.7 Å². The number of anilines is 1. The molecule has 0 amide bonds. The Bertz CT molecular complexity index is 795. The quantitative estimate of drug-likeness (QED) is 0.732. The Morgan fingerprint density at radius 1 is 1.15 bits per heavy atom. The highest BCUT2D eigenvalue weighted by atomic mass is 19.1. The van der Waals surface area contributed by atoms with Crippen molar-refractivity contribution in [3.63, 3.8) is 0 Å². The highest BCUT2D eigenvalue weighted by Gasteiger charge is 2.17. The maximum absolute atomic E-state index is 13.8. The van der Waals surface area contributed by atoms with Gasteiger partial charge in [0.05, 0.1) is 0 Å². The van der Waals surface area contributed by atoms with Crippen molar-refractivity contribution >= 4 is 11.5 Å². The van der Waals surface area contributed by atoms with Gasteiger partial charge < -0.3 is 5.73 Å². The average molecular weight is 269 g/mol. The summed E-state index contributed by atoms with van der Waals surface area (Å²) >= 11 is 0. The number of nitrogens with zero attached hydrogens (tertiary/aromatic N) is 2. The first kappa shape index (κ1) is 12.7. The minimum atomic E-state index is -0.368. The second-order valence-corrected chi connectivity index (χ2v) is 5.17. The number of imidazole rings is 1. The molecule has 4 heteroatoms. The zero-order valence-corrected chi connectivity index (χ0v) is 11.7. The Labute approximate surface area is 116 Å². The molecule has 0 saturated heterocycles. The van der Waals surface area contributed by atoms with Crippen LogP contribution in [0.15, 0.2) is 30.5 Å². The van der Waals surface area contributed by atoms with Crippen LogP contribution in [-0.4, -0.2) is 9.38 Å². The minimum absolute atomic E-state index is 0.263. The number of aryl methyl sites for hydroxylation is 3. The molecular weight excluding hydrogens is 253 g/mol. The summed E-state index contributed by atoms with van der Waals surface area (Å²) in [6, 6.07) is 7.18. The number of pyridine rings is 1. The number of hydrogen-bond donors (Lipinski definition) is 1. The smallest absolute Gasteiger partial charge is 0.175 e. The molecule has 3 nitrogen and oxygen atoms in total. The Morgan fingerprint density at radius 2 is 1.80 bits per heavy atom. The maximum Gasteiger partial charge on any atom is 0.175 e. The van der Waals surface area contributed by atoms with Gasteiger partial charge in [-0.1, -0.05) is 17.7 Å². The maximum atomic E-state index is 13.8. The first-order chi connectivity index (χ1) is 9.49. The van der Waals surface area contributed by atoms with E-state index in [1.54, 1.807) is 16.7 Å². The summed E-state index contributed by atoms with van der Waals surface area (Å²) < 4.78 is 15.4. The third kappa shape index (κ3) is 1.76. The molecule has 102 valence electrons. The van der Waals surface area contributed by atoms with Gasteiger partial charge in [0.15, 0.2) is 11.5 Å². The molecule has 0 unspecified atom stereocenters.